The number of fused-ring (bicyclic) bond motifs is 1. The number of ether oxygens (including phenoxy) is 1. The molecule has 96 valence electrons. The molecule has 1 aromatic rings. The van der Waals surface area contributed by atoms with Gasteiger partial charge in [-0.15, -0.1) is 0 Å². The summed E-state index contributed by atoms with van der Waals surface area (Å²) in [7, 11) is -3.00. The van der Waals surface area contributed by atoms with Gasteiger partial charge in [-0.05, 0) is 31.3 Å². The minimum Gasteiger partial charge on any atom is -0.464 e. The van der Waals surface area contributed by atoms with Gasteiger partial charge in [0.25, 0.3) is 5.17 Å². The Kier molecular flexibility index (Phi) is 2.60. The number of anilines is 1. The molecule has 2 heterocycles. The molecule has 2 fully saturated rings. The van der Waals surface area contributed by atoms with Crippen molar-refractivity contribution in [3.05, 3.63) is 29.8 Å². The summed E-state index contributed by atoms with van der Waals surface area (Å²) in [5.74, 6) is 0.186. The van der Waals surface area contributed by atoms with Crippen molar-refractivity contribution in [3.8, 4) is 0 Å². The molecule has 6 heteroatoms. The van der Waals surface area contributed by atoms with Crippen LogP contribution in [0.15, 0.2) is 24.3 Å². The largest absolute Gasteiger partial charge is 0.464 e. The first-order valence-electron chi connectivity index (χ1n) is 5.73. The highest BCUT2D eigenvalue weighted by atomic mass is 32.2. The van der Waals surface area contributed by atoms with Gasteiger partial charge < -0.3 is 4.74 Å². The summed E-state index contributed by atoms with van der Waals surface area (Å²) >= 11 is 5.19. The molecule has 2 saturated heterocycles. The summed E-state index contributed by atoms with van der Waals surface area (Å²) in [5, 5.41) is 0.378. The Morgan fingerprint density at radius 2 is 1.94 bits per heavy atom. The molecule has 0 N–H and O–H groups in total. The topological polar surface area (TPSA) is 46.6 Å². The fraction of sp³-hybridized carbons (Fsp3) is 0.417. The Labute approximate surface area is 111 Å². The van der Waals surface area contributed by atoms with Crippen LogP contribution in [0.4, 0.5) is 5.69 Å². The van der Waals surface area contributed by atoms with Gasteiger partial charge in [0.05, 0.1) is 17.5 Å². The van der Waals surface area contributed by atoms with E-state index >= 15 is 0 Å². The van der Waals surface area contributed by atoms with Gasteiger partial charge in [-0.1, -0.05) is 17.7 Å². The van der Waals surface area contributed by atoms with Crippen molar-refractivity contribution in [2.75, 3.05) is 16.4 Å². The van der Waals surface area contributed by atoms with Gasteiger partial charge in [0.2, 0.25) is 0 Å². The molecule has 0 aromatic heterocycles. The summed E-state index contributed by atoms with van der Waals surface area (Å²) < 4.78 is 28.8. The number of hydrogen-bond donors (Lipinski definition) is 0. The molecule has 2 aliphatic heterocycles. The van der Waals surface area contributed by atoms with Crippen LogP contribution in [-0.4, -0.2) is 37.2 Å². The third-order valence-electron chi connectivity index (χ3n) is 3.36. The second kappa shape index (κ2) is 3.93. The van der Waals surface area contributed by atoms with E-state index in [4.69, 9.17) is 17.0 Å². The number of nitrogens with zero attached hydrogens (tertiary/aromatic N) is 1. The van der Waals surface area contributed by atoms with Gasteiger partial charge in [0.15, 0.2) is 9.84 Å². The van der Waals surface area contributed by atoms with Crippen LogP contribution >= 0.6 is 12.2 Å². The molecule has 0 bridgehead atoms. The minimum absolute atomic E-state index is 0.0696. The minimum atomic E-state index is -3.00. The zero-order valence-corrected chi connectivity index (χ0v) is 11.5. The number of rotatable bonds is 1. The highest BCUT2D eigenvalue weighted by Gasteiger charge is 2.49. The monoisotopic (exact) mass is 283 g/mol. The van der Waals surface area contributed by atoms with Crippen LogP contribution in [0.25, 0.3) is 0 Å². The first-order chi connectivity index (χ1) is 8.46. The summed E-state index contributed by atoms with van der Waals surface area (Å²) in [4.78, 5) is 1.82. The zero-order chi connectivity index (χ0) is 12.9. The predicted octanol–water partition coefficient (Wildman–Crippen LogP) is 1.28. The second-order valence-electron chi connectivity index (χ2n) is 4.77. The van der Waals surface area contributed by atoms with Crippen LogP contribution in [0.5, 0.6) is 0 Å². The van der Waals surface area contributed by atoms with Gasteiger partial charge in [-0.25, -0.2) is 8.42 Å². The maximum Gasteiger partial charge on any atom is 0.264 e. The molecule has 0 saturated carbocycles. The third kappa shape index (κ3) is 1.89. The number of sulfone groups is 1. The average Bonchev–Trinajstić information content (AvgIpc) is 2.70. The maximum atomic E-state index is 11.6. The van der Waals surface area contributed by atoms with Crippen molar-refractivity contribution in [1.82, 2.24) is 0 Å². The Morgan fingerprint density at radius 1 is 1.28 bits per heavy atom. The third-order valence-corrected chi connectivity index (χ3v) is 5.34. The van der Waals surface area contributed by atoms with E-state index < -0.39 is 9.84 Å². The van der Waals surface area contributed by atoms with Gasteiger partial charge in [-0.2, -0.15) is 0 Å². The summed E-state index contributed by atoms with van der Waals surface area (Å²) in [6, 6.07) is 7.67. The lowest BCUT2D eigenvalue weighted by molar-refractivity contribution is 0.244. The van der Waals surface area contributed by atoms with Gasteiger partial charge in [0.1, 0.15) is 6.10 Å². The van der Waals surface area contributed by atoms with Gasteiger partial charge in [0, 0.05) is 5.69 Å². The van der Waals surface area contributed by atoms with Gasteiger partial charge >= 0.3 is 0 Å². The summed E-state index contributed by atoms with van der Waals surface area (Å²) in [6.45, 7) is 2.01. The Morgan fingerprint density at radius 3 is 2.61 bits per heavy atom. The predicted molar refractivity (Wildman–Crippen MR) is 73.6 cm³/mol. The van der Waals surface area contributed by atoms with E-state index in [1.165, 1.54) is 0 Å². The smallest absolute Gasteiger partial charge is 0.264 e. The molecule has 18 heavy (non-hydrogen) atoms. The van der Waals surface area contributed by atoms with Crippen LogP contribution in [0.3, 0.4) is 0 Å². The molecule has 3 rings (SSSR count). The van der Waals surface area contributed by atoms with E-state index in [1.807, 2.05) is 36.1 Å². The second-order valence-corrected chi connectivity index (χ2v) is 7.28. The summed E-state index contributed by atoms with van der Waals surface area (Å²) in [6.07, 6.45) is -0.316. The Hall–Kier alpha value is -1.14. The fourth-order valence-electron chi connectivity index (χ4n) is 2.47. The Bertz CT molecular complexity index is 594. The van der Waals surface area contributed by atoms with E-state index in [9.17, 15) is 8.42 Å². The normalized spacial score (nSPS) is 29.2. The average molecular weight is 283 g/mol. The molecule has 2 aliphatic rings. The molecule has 0 aliphatic carbocycles. The van der Waals surface area contributed by atoms with E-state index in [2.05, 4.69) is 0 Å². The molecular formula is C12H13NO3S2. The lowest BCUT2D eigenvalue weighted by atomic mass is 10.1. The van der Waals surface area contributed by atoms with Crippen LogP contribution in [0.1, 0.15) is 5.56 Å². The maximum absolute atomic E-state index is 11.6. The Balaban J connectivity index is 1.96. The van der Waals surface area contributed by atoms with Crippen LogP contribution in [-0.2, 0) is 14.6 Å². The number of thiocarbonyl (C=S) groups is 1. The first kappa shape index (κ1) is 11.9. The lowest BCUT2D eigenvalue weighted by Crippen LogP contribution is -2.36. The van der Waals surface area contributed by atoms with Crippen molar-refractivity contribution < 1.29 is 13.2 Å². The highest BCUT2D eigenvalue weighted by molar-refractivity contribution is 7.91. The fourth-order valence-corrected chi connectivity index (χ4v) is 4.65. The standard InChI is InChI=1S/C12H13NO3S2/c1-8-2-4-9(5-3-8)13-10-6-18(14,15)7-11(10)16-12(13)17/h2-5,10-11H,6-7H2,1H3/t10-,11+/m0/s1. The number of benzene rings is 1. The molecular weight excluding hydrogens is 270 g/mol. The molecule has 2 atom stereocenters. The zero-order valence-electron chi connectivity index (χ0n) is 9.87. The SMILES string of the molecule is Cc1ccc(N2C(=S)O[C@@H]3CS(=O)(=O)C[C@@H]32)cc1. The number of hydrogen-bond acceptors (Lipinski definition) is 4. The van der Waals surface area contributed by atoms with E-state index in [0.717, 1.165) is 11.3 Å². The quantitative estimate of drug-likeness (QED) is 0.727. The molecule has 1 aromatic carbocycles. The van der Waals surface area contributed by atoms with Crippen molar-refractivity contribution in [2.45, 2.75) is 19.1 Å². The van der Waals surface area contributed by atoms with Gasteiger partial charge in [-0.3, -0.25) is 4.90 Å². The van der Waals surface area contributed by atoms with Crippen molar-refractivity contribution in [1.29, 1.82) is 0 Å². The molecule has 0 spiro atoms. The van der Waals surface area contributed by atoms with E-state index in [-0.39, 0.29) is 23.7 Å². The molecule has 0 radical (unpaired) electrons. The lowest BCUT2D eigenvalue weighted by Gasteiger charge is -2.21. The first-order valence-corrected chi connectivity index (χ1v) is 7.96. The van der Waals surface area contributed by atoms with E-state index in [1.54, 1.807) is 0 Å². The summed E-state index contributed by atoms with van der Waals surface area (Å²) in [5.41, 5.74) is 2.05. The highest BCUT2D eigenvalue weighted by Crippen LogP contribution is 2.32. The van der Waals surface area contributed by atoms with Crippen LogP contribution < -0.4 is 4.90 Å². The molecule has 0 amide bonds. The van der Waals surface area contributed by atoms with Crippen molar-refractivity contribution in [2.24, 2.45) is 0 Å². The van der Waals surface area contributed by atoms with Crippen LogP contribution in [0, 0.1) is 6.92 Å². The van der Waals surface area contributed by atoms with Crippen LogP contribution in [0.2, 0.25) is 0 Å². The molecule has 4 nitrogen and oxygen atoms in total. The van der Waals surface area contributed by atoms with E-state index in [0.29, 0.717) is 5.17 Å². The van der Waals surface area contributed by atoms with Crippen molar-refractivity contribution >= 4 is 32.9 Å². The number of aryl methyl sites for hydroxylation is 1. The molecule has 0 unspecified atom stereocenters. The van der Waals surface area contributed by atoms with Crippen molar-refractivity contribution in [3.63, 3.8) is 0 Å².